The van der Waals surface area contributed by atoms with Gasteiger partial charge in [-0.05, 0) is 43.1 Å². The van der Waals surface area contributed by atoms with E-state index in [2.05, 4.69) is 26.0 Å². The number of ketones is 1. The average molecular weight is 265 g/mol. The van der Waals surface area contributed by atoms with E-state index < -0.39 is 0 Å². The number of halogens is 1. The minimum atomic E-state index is 0.126. The van der Waals surface area contributed by atoms with Crippen molar-refractivity contribution in [1.29, 1.82) is 0 Å². The van der Waals surface area contributed by atoms with Gasteiger partial charge in [-0.2, -0.15) is 0 Å². The Morgan fingerprint density at radius 3 is 2.39 bits per heavy atom. The summed E-state index contributed by atoms with van der Waals surface area (Å²) in [6, 6.07) is 8.04. The summed E-state index contributed by atoms with van der Waals surface area (Å²) in [4.78, 5) is 11.2. The Morgan fingerprint density at radius 1 is 1.28 bits per heavy atom. The van der Waals surface area contributed by atoms with E-state index in [1.54, 1.807) is 6.92 Å². The Hall–Kier alpha value is -0.820. The van der Waals surface area contributed by atoms with Crippen LogP contribution in [0.1, 0.15) is 61.9 Å². The van der Waals surface area contributed by atoms with Gasteiger partial charge in [0.05, 0.1) is 0 Å². The van der Waals surface area contributed by atoms with Crippen LogP contribution >= 0.6 is 11.6 Å². The first-order chi connectivity index (χ1) is 8.40. The Kier molecular flexibility index (Phi) is 3.82. The highest BCUT2D eigenvalue weighted by molar-refractivity contribution is 6.21. The third-order valence-electron chi connectivity index (χ3n) is 4.27. The van der Waals surface area contributed by atoms with Crippen LogP contribution in [0.2, 0.25) is 0 Å². The molecule has 1 aromatic carbocycles. The van der Waals surface area contributed by atoms with E-state index >= 15 is 0 Å². The molecule has 0 bridgehead atoms. The highest BCUT2D eigenvalue weighted by atomic mass is 35.5. The predicted octanol–water partition coefficient (Wildman–Crippen LogP) is 4.79. The normalized spacial score (nSPS) is 26.9. The first kappa shape index (κ1) is 13.6. The van der Waals surface area contributed by atoms with Crippen LogP contribution in [-0.2, 0) is 0 Å². The molecule has 2 unspecified atom stereocenters. The summed E-state index contributed by atoms with van der Waals surface area (Å²) in [5.41, 5.74) is 2.36. The molecule has 2 heteroatoms. The zero-order valence-electron chi connectivity index (χ0n) is 11.4. The second kappa shape index (κ2) is 5.05. The standard InChI is InChI=1S/C16H21ClO/c1-11(18)12-4-6-13(7-5-12)14-8-9-16(2,3)15(17)10-14/h4-7,14-15H,8-10H2,1-3H3. The van der Waals surface area contributed by atoms with Crippen molar-refractivity contribution in [2.75, 3.05) is 0 Å². The van der Waals surface area contributed by atoms with E-state index in [9.17, 15) is 4.79 Å². The lowest BCUT2D eigenvalue weighted by molar-refractivity contribution is 0.101. The number of hydrogen-bond acceptors (Lipinski definition) is 1. The molecule has 1 aromatic rings. The molecule has 1 saturated carbocycles. The number of rotatable bonds is 2. The third kappa shape index (κ3) is 2.77. The summed E-state index contributed by atoms with van der Waals surface area (Å²) in [5.74, 6) is 0.670. The Labute approximate surface area is 115 Å². The molecule has 2 rings (SSSR count). The summed E-state index contributed by atoms with van der Waals surface area (Å²) in [7, 11) is 0. The molecule has 1 aliphatic rings. The lowest BCUT2D eigenvalue weighted by Gasteiger charge is -2.39. The monoisotopic (exact) mass is 264 g/mol. The molecule has 18 heavy (non-hydrogen) atoms. The Morgan fingerprint density at radius 2 is 1.89 bits per heavy atom. The zero-order valence-corrected chi connectivity index (χ0v) is 12.1. The van der Waals surface area contributed by atoms with Gasteiger partial charge in [0.25, 0.3) is 0 Å². The molecule has 0 N–H and O–H groups in total. The van der Waals surface area contributed by atoms with Crippen molar-refractivity contribution in [3.05, 3.63) is 35.4 Å². The van der Waals surface area contributed by atoms with Crippen LogP contribution in [0.4, 0.5) is 0 Å². The van der Waals surface area contributed by atoms with Crippen LogP contribution in [0, 0.1) is 5.41 Å². The van der Waals surface area contributed by atoms with Crippen LogP contribution < -0.4 is 0 Å². The fourth-order valence-corrected chi connectivity index (χ4v) is 3.01. The fourth-order valence-electron chi connectivity index (χ4n) is 2.68. The van der Waals surface area contributed by atoms with E-state index in [4.69, 9.17) is 11.6 Å². The highest BCUT2D eigenvalue weighted by Gasteiger charge is 2.35. The van der Waals surface area contributed by atoms with Gasteiger partial charge in [-0.3, -0.25) is 4.79 Å². The van der Waals surface area contributed by atoms with Crippen LogP contribution in [-0.4, -0.2) is 11.2 Å². The molecular formula is C16H21ClO. The van der Waals surface area contributed by atoms with Gasteiger partial charge in [-0.15, -0.1) is 11.6 Å². The summed E-state index contributed by atoms with van der Waals surface area (Å²) >= 11 is 6.48. The second-order valence-corrected chi connectivity index (χ2v) is 6.63. The molecule has 1 aliphatic carbocycles. The number of carbonyl (C=O) groups excluding carboxylic acids is 1. The molecule has 0 amide bonds. The van der Waals surface area contributed by atoms with Crippen molar-refractivity contribution in [1.82, 2.24) is 0 Å². The van der Waals surface area contributed by atoms with E-state index in [1.165, 1.54) is 18.4 Å². The van der Waals surface area contributed by atoms with Gasteiger partial charge < -0.3 is 0 Å². The van der Waals surface area contributed by atoms with Gasteiger partial charge in [-0.1, -0.05) is 38.1 Å². The van der Waals surface area contributed by atoms with Gasteiger partial charge in [0.15, 0.2) is 5.78 Å². The van der Waals surface area contributed by atoms with Crippen molar-refractivity contribution < 1.29 is 4.79 Å². The number of Topliss-reactive ketones (excluding diaryl/α,β-unsaturated/α-hetero) is 1. The van der Waals surface area contributed by atoms with Crippen LogP contribution in [0.5, 0.6) is 0 Å². The molecular weight excluding hydrogens is 244 g/mol. The molecule has 2 atom stereocenters. The van der Waals surface area contributed by atoms with Crippen molar-refractivity contribution in [2.45, 2.75) is 51.3 Å². The number of alkyl halides is 1. The summed E-state index contributed by atoms with van der Waals surface area (Å²) < 4.78 is 0. The topological polar surface area (TPSA) is 17.1 Å². The van der Waals surface area contributed by atoms with Crippen LogP contribution in [0.3, 0.4) is 0 Å². The van der Waals surface area contributed by atoms with Gasteiger partial charge in [-0.25, -0.2) is 0 Å². The lowest BCUT2D eigenvalue weighted by Crippen LogP contribution is -2.31. The quantitative estimate of drug-likeness (QED) is 0.554. The van der Waals surface area contributed by atoms with Crippen LogP contribution in [0.25, 0.3) is 0 Å². The zero-order chi connectivity index (χ0) is 13.3. The Bertz CT molecular complexity index is 433. The van der Waals surface area contributed by atoms with E-state index in [1.807, 2.05) is 12.1 Å². The molecule has 0 radical (unpaired) electrons. The molecule has 0 saturated heterocycles. The minimum Gasteiger partial charge on any atom is -0.295 e. The van der Waals surface area contributed by atoms with E-state index in [-0.39, 0.29) is 16.6 Å². The van der Waals surface area contributed by atoms with Gasteiger partial charge in [0.1, 0.15) is 0 Å². The smallest absolute Gasteiger partial charge is 0.159 e. The third-order valence-corrected chi connectivity index (χ3v) is 5.03. The molecule has 0 heterocycles. The van der Waals surface area contributed by atoms with Crippen molar-refractivity contribution >= 4 is 17.4 Å². The number of hydrogen-bond donors (Lipinski definition) is 0. The van der Waals surface area contributed by atoms with E-state index in [0.29, 0.717) is 5.92 Å². The molecule has 1 nitrogen and oxygen atoms in total. The summed E-state index contributed by atoms with van der Waals surface area (Å²) in [6.07, 6.45) is 3.39. The second-order valence-electron chi connectivity index (χ2n) is 6.11. The van der Waals surface area contributed by atoms with Gasteiger partial charge in [0.2, 0.25) is 0 Å². The van der Waals surface area contributed by atoms with Crippen molar-refractivity contribution in [3.63, 3.8) is 0 Å². The minimum absolute atomic E-state index is 0.126. The maximum Gasteiger partial charge on any atom is 0.159 e. The maximum atomic E-state index is 11.2. The van der Waals surface area contributed by atoms with Crippen molar-refractivity contribution in [3.8, 4) is 0 Å². The Balaban J connectivity index is 2.11. The van der Waals surface area contributed by atoms with Gasteiger partial charge >= 0.3 is 0 Å². The number of carbonyl (C=O) groups is 1. The highest BCUT2D eigenvalue weighted by Crippen LogP contribution is 2.45. The SMILES string of the molecule is CC(=O)c1ccc(C2CCC(C)(C)C(Cl)C2)cc1. The van der Waals surface area contributed by atoms with Crippen LogP contribution in [0.15, 0.2) is 24.3 Å². The lowest BCUT2D eigenvalue weighted by atomic mass is 9.71. The average Bonchev–Trinajstić information content (AvgIpc) is 2.33. The first-order valence-electron chi connectivity index (χ1n) is 6.65. The van der Waals surface area contributed by atoms with E-state index in [0.717, 1.165) is 12.0 Å². The molecule has 1 fully saturated rings. The van der Waals surface area contributed by atoms with Gasteiger partial charge in [0, 0.05) is 10.9 Å². The summed E-state index contributed by atoms with van der Waals surface area (Å²) in [5, 5.41) is 0.240. The molecule has 0 aliphatic heterocycles. The number of benzene rings is 1. The predicted molar refractivity (Wildman–Crippen MR) is 76.5 cm³/mol. The fraction of sp³-hybridized carbons (Fsp3) is 0.562. The largest absolute Gasteiger partial charge is 0.295 e. The maximum absolute atomic E-state index is 11.2. The van der Waals surface area contributed by atoms with Crippen molar-refractivity contribution in [2.24, 2.45) is 5.41 Å². The molecule has 98 valence electrons. The molecule has 0 spiro atoms. The first-order valence-corrected chi connectivity index (χ1v) is 7.09. The molecule has 0 aromatic heterocycles. The summed E-state index contributed by atoms with van der Waals surface area (Å²) in [6.45, 7) is 6.10.